The number of anilines is 6. The van der Waals surface area contributed by atoms with Crippen LogP contribution in [-0.2, 0) is 25.7 Å². The monoisotopic (exact) mass is 892 g/mol. The molecule has 0 aliphatic carbocycles. The molecule has 0 saturated heterocycles. The van der Waals surface area contributed by atoms with Gasteiger partial charge in [0.05, 0.1) is 0 Å². The number of nitrogens with zero attached hydrogens (tertiary/aromatic N) is 2. The summed E-state index contributed by atoms with van der Waals surface area (Å²) in [6.45, 7) is 0. The Bertz CT molecular complexity index is 3940. The molecular weight excluding hydrogens is 845 g/mol. The molecule has 0 spiro atoms. The zero-order valence-corrected chi connectivity index (χ0v) is 38.8. The molecule has 12 aromatic carbocycles. The van der Waals surface area contributed by atoms with Crippen LogP contribution in [0, 0.1) is 0 Å². The minimum absolute atomic E-state index is 0.993. The van der Waals surface area contributed by atoms with Crippen molar-refractivity contribution in [3.8, 4) is 33.4 Å². The SMILES string of the molecule is c1ccc(-c2ccc(-c3c4ccc(N5c6ccccc6CCc6ccccc65)cc4c(-c4ccc5ccccc5c4)c4ccc(N5c6ccccc6CCc6ccccc65)cc34)c3ccccc23)cc1. The van der Waals surface area contributed by atoms with Gasteiger partial charge in [-0.05, 0) is 179 Å². The number of hydrogen-bond donors (Lipinski definition) is 0. The van der Waals surface area contributed by atoms with Crippen molar-refractivity contribution in [1.29, 1.82) is 0 Å². The van der Waals surface area contributed by atoms with Gasteiger partial charge in [0.25, 0.3) is 0 Å². The second kappa shape index (κ2) is 16.5. The lowest BCUT2D eigenvalue weighted by molar-refractivity contribution is 0.977. The fourth-order valence-corrected chi connectivity index (χ4v) is 11.9. The molecule has 14 rings (SSSR count). The first-order chi connectivity index (χ1) is 34.7. The molecule has 0 bridgehead atoms. The van der Waals surface area contributed by atoms with Gasteiger partial charge in [0.15, 0.2) is 0 Å². The van der Waals surface area contributed by atoms with E-state index in [-0.39, 0.29) is 0 Å². The van der Waals surface area contributed by atoms with Gasteiger partial charge in [-0.1, -0.05) is 188 Å². The zero-order valence-electron chi connectivity index (χ0n) is 38.8. The van der Waals surface area contributed by atoms with Crippen LogP contribution >= 0.6 is 0 Å². The van der Waals surface area contributed by atoms with Crippen molar-refractivity contribution in [3.63, 3.8) is 0 Å². The van der Waals surface area contributed by atoms with Gasteiger partial charge in [0.2, 0.25) is 0 Å². The Morgan fingerprint density at radius 2 is 0.671 bits per heavy atom. The van der Waals surface area contributed by atoms with E-state index in [9.17, 15) is 0 Å². The molecule has 0 aromatic heterocycles. The molecule has 0 amide bonds. The molecule has 70 heavy (non-hydrogen) atoms. The number of para-hydroxylation sites is 4. The van der Waals surface area contributed by atoms with Gasteiger partial charge in [-0.2, -0.15) is 0 Å². The van der Waals surface area contributed by atoms with Crippen molar-refractivity contribution in [2.45, 2.75) is 25.7 Å². The summed E-state index contributed by atoms with van der Waals surface area (Å²) < 4.78 is 0. The Morgan fingerprint density at radius 3 is 1.23 bits per heavy atom. The molecule has 2 heterocycles. The lowest BCUT2D eigenvalue weighted by atomic mass is 9.83. The Morgan fingerprint density at radius 1 is 0.243 bits per heavy atom. The summed E-state index contributed by atoms with van der Waals surface area (Å²) in [7, 11) is 0. The molecule has 2 aliphatic heterocycles. The summed E-state index contributed by atoms with van der Waals surface area (Å²) >= 11 is 0. The number of rotatable bonds is 5. The molecule has 0 N–H and O–H groups in total. The minimum atomic E-state index is 0.993. The minimum Gasteiger partial charge on any atom is -0.310 e. The van der Waals surface area contributed by atoms with E-state index in [2.05, 4.69) is 252 Å². The Balaban J connectivity index is 1.13. The zero-order chi connectivity index (χ0) is 46.1. The van der Waals surface area contributed by atoms with Crippen molar-refractivity contribution in [2.24, 2.45) is 0 Å². The summed E-state index contributed by atoms with van der Waals surface area (Å²) in [6.07, 6.45) is 3.98. The smallest absolute Gasteiger partial charge is 0.0493 e. The maximum Gasteiger partial charge on any atom is 0.0493 e. The fraction of sp³-hybridized carbons (Fsp3) is 0.0588. The fourth-order valence-electron chi connectivity index (χ4n) is 11.9. The van der Waals surface area contributed by atoms with Crippen LogP contribution in [0.2, 0.25) is 0 Å². The first-order valence-corrected chi connectivity index (χ1v) is 24.8. The third-order valence-electron chi connectivity index (χ3n) is 15.2. The molecule has 0 atom stereocenters. The van der Waals surface area contributed by atoms with Gasteiger partial charge < -0.3 is 9.80 Å². The quantitative estimate of drug-likeness (QED) is 0.159. The molecule has 2 nitrogen and oxygen atoms in total. The summed E-state index contributed by atoms with van der Waals surface area (Å²) in [6, 6.07) is 91.0. The third-order valence-corrected chi connectivity index (χ3v) is 15.2. The van der Waals surface area contributed by atoms with Crippen LogP contribution in [0.15, 0.2) is 243 Å². The number of benzene rings is 12. The lowest BCUT2D eigenvalue weighted by Gasteiger charge is -2.29. The standard InChI is InChI=1S/C68H48N2/c1-2-17-46(18-3-1)55-40-41-58(57-25-11-10-24-56(55)57)68-60-39-37-53(69-63-26-12-6-19-47(63)31-32-48-20-7-13-27-64(48)69)43-61(60)67(52-35-30-45-16-4-5-23-51(45)42-52)59-38-36-54(44-62(59)68)70-65-28-14-8-21-49(65)33-34-50-22-9-15-29-66(50)70/h1-30,35-44H,31-34H2. The highest BCUT2D eigenvalue weighted by Gasteiger charge is 2.27. The lowest BCUT2D eigenvalue weighted by Crippen LogP contribution is -2.12. The maximum absolute atomic E-state index is 2.52. The molecule has 330 valence electrons. The van der Waals surface area contributed by atoms with Crippen LogP contribution < -0.4 is 9.80 Å². The number of fused-ring (bicyclic) bond motifs is 8. The van der Waals surface area contributed by atoms with Gasteiger partial charge in [0.1, 0.15) is 0 Å². The van der Waals surface area contributed by atoms with Crippen LogP contribution in [0.3, 0.4) is 0 Å². The van der Waals surface area contributed by atoms with E-state index >= 15 is 0 Å². The van der Waals surface area contributed by atoms with E-state index in [1.54, 1.807) is 0 Å². The van der Waals surface area contributed by atoms with Crippen molar-refractivity contribution in [1.82, 2.24) is 0 Å². The van der Waals surface area contributed by atoms with Crippen molar-refractivity contribution < 1.29 is 0 Å². The molecule has 12 aromatic rings. The van der Waals surface area contributed by atoms with Crippen molar-refractivity contribution in [2.75, 3.05) is 9.80 Å². The van der Waals surface area contributed by atoms with Gasteiger partial charge in [0, 0.05) is 34.1 Å². The van der Waals surface area contributed by atoms with Gasteiger partial charge >= 0.3 is 0 Å². The van der Waals surface area contributed by atoms with E-state index in [0.717, 1.165) is 37.1 Å². The van der Waals surface area contributed by atoms with E-state index < -0.39 is 0 Å². The van der Waals surface area contributed by atoms with E-state index in [0.29, 0.717) is 0 Å². The topological polar surface area (TPSA) is 6.48 Å². The van der Waals surface area contributed by atoms with Crippen LogP contribution in [0.4, 0.5) is 34.1 Å². The number of aryl methyl sites for hydroxylation is 4. The van der Waals surface area contributed by atoms with Crippen molar-refractivity contribution in [3.05, 3.63) is 265 Å². The molecule has 0 radical (unpaired) electrons. The Labute approximate surface area is 409 Å². The summed E-state index contributed by atoms with van der Waals surface area (Å²) in [5, 5.41) is 9.85. The van der Waals surface area contributed by atoms with E-state index in [1.165, 1.54) is 121 Å². The van der Waals surface area contributed by atoms with Gasteiger partial charge in [-0.3, -0.25) is 0 Å². The van der Waals surface area contributed by atoms with E-state index in [1.807, 2.05) is 0 Å². The second-order valence-electron chi connectivity index (χ2n) is 19.0. The first-order valence-electron chi connectivity index (χ1n) is 24.8. The predicted octanol–water partition coefficient (Wildman–Crippen LogP) is 18.4. The number of hydrogen-bond acceptors (Lipinski definition) is 2. The Kier molecular flexibility index (Phi) is 9.52. The van der Waals surface area contributed by atoms with Crippen LogP contribution in [0.1, 0.15) is 22.3 Å². The van der Waals surface area contributed by atoms with Crippen LogP contribution in [0.5, 0.6) is 0 Å². The average molecular weight is 893 g/mol. The normalized spacial score (nSPS) is 13.1. The first kappa shape index (κ1) is 40.4. The maximum atomic E-state index is 2.52. The predicted molar refractivity (Wildman–Crippen MR) is 297 cm³/mol. The molecule has 0 fully saturated rings. The third kappa shape index (κ3) is 6.55. The van der Waals surface area contributed by atoms with E-state index in [4.69, 9.17) is 0 Å². The largest absolute Gasteiger partial charge is 0.310 e. The molecule has 0 unspecified atom stereocenters. The highest BCUT2D eigenvalue weighted by Crippen LogP contribution is 2.52. The average Bonchev–Trinajstić information content (AvgIpc) is 3.71. The highest BCUT2D eigenvalue weighted by molar-refractivity contribution is 6.25. The van der Waals surface area contributed by atoms with Crippen LogP contribution in [-0.4, -0.2) is 0 Å². The molecule has 0 saturated carbocycles. The van der Waals surface area contributed by atoms with Gasteiger partial charge in [-0.25, -0.2) is 0 Å². The summed E-state index contributed by atoms with van der Waals surface area (Å²) in [5.74, 6) is 0. The molecule has 2 aliphatic rings. The summed E-state index contributed by atoms with van der Waals surface area (Å²) in [4.78, 5) is 5.04. The summed E-state index contributed by atoms with van der Waals surface area (Å²) in [5.41, 5.74) is 20.1. The molecule has 2 heteroatoms. The van der Waals surface area contributed by atoms with Crippen molar-refractivity contribution >= 4 is 77.2 Å². The second-order valence-corrected chi connectivity index (χ2v) is 19.0. The highest BCUT2D eigenvalue weighted by atomic mass is 15.2. The van der Waals surface area contributed by atoms with Crippen LogP contribution in [0.25, 0.3) is 76.5 Å². The van der Waals surface area contributed by atoms with Gasteiger partial charge in [-0.15, -0.1) is 0 Å². The molecular formula is C68H48N2. The Hall–Kier alpha value is -8.72.